The summed E-state index contributed by atoms with van der Waals surface area (Å²) < 4.78 is 10.9. The second kappa shape index (κ2) is 4.24. The first kappa shape index (κ1) is 11.7. The van der Waals surface area contributed by atoms with E-state index in [4.69, 9.17) is 9.47 Å². The summed E-state index contributed by atoms with van der Waals surface area (Å²) in [6, 6.07) is 0.239. The summed E-state index contributed by atoms with van der Waals surface area (Å²) in [6.07, 6.45) is 2.04. The Bertz CT molecular complexity index is 272. The zero-order valence-electron chi connectivity index (χ0n) is 10.4. The fraction of sp³-hybridized carbons (Fsp3) is 0.917. The molecule has 2 fully saturated rings. The molecule has 2 rings (SSSR count). The number of piperidine rings is 1. The molecule has 0 aromatic heterocycles. The van der Waals surface area contributed by atoms with E-state index < -0.39 is 5.60 Å². The van der Waals surface area contributed by atoms with Gasteiger partial charge in [-0.15, -0.1) is 0 Å². The number of rotatable bonds is 0. The van der Waals surface area contributed by atoms with Crippen molar-refractivity contribution in [1.29, 1.82) is 0 Å². The number of ether oxygens (including phenoxy) is 2. The number of hydrogen-bond acceptors (Lipinski definition) is 3. The number of carbonyl (C=O) groups is 1. The van der Waals surface area contributed by atoms with Gasteiger partial charge in [-0.1, -0.05) is 0 Å². The monoisotopic (exact) mass is 227 g/mol. The highest BCUT2D eigenvalue weighted by molar-refractivity contribution is 5.68. The van der Waals surface area contributed by atoms with E-state index in [-0.39, 0.29) is 12.1 Å². The zero-order valence-corrected chi connectivity index (χ0v) is 10.4. The largest absolute Gasteiger partial charge is 0.444 e. The second-order valence-corrected chi connectivity index (χ2v) is 5.68. The lowest BCUT2D eigenvalue weighted by molar-refractivity contribution is 0.00533. The molecule has 0 unspecified atom stereocenters. The first-order chi connectivity index (χ1) is 7.47. The maximum absolute atomic E-state index is 12.0. The predicted molar refractivity (Wildman–Crippen MR) is 60.3 cm³/mol. The van der Waals surface area contributed by atoms with E-state index in [1.165, 1.54) is 6.42 Å². The molecule has 0 aromatic rings. The number of amides is 1. The molecule has 0 radical (unpaired) electrons. The highest BCUT2D eigenvalue weighted by atomic mass is 16.6. The van der Waals surface area contributed by atoms with Crippen LogP contribution < -0.4 is 0 Å². The minimum Gasteiger partial charge on any atom is -0.444 e. The van der Waals surface area contributed by atoms with Crippen LogP contribution in [0.1, 0.15) is 33.6 Å². The SMILES string of the molecule is CC(C)(C)OC(=O)N1CCC[C@H]2COC[C@@H]21. The molecule has 0 aromatic carbocycles. The topological polar surface area (TPSA) is 38.8 Å². The Hall–Kier alpha value is -0.770. The Balaban J connectivity index is 2.00. The summed E-state index contributed by atoms with van der Waals surface area (Å²) in [5.74, 6) is 0.515. The molecule has 0 spiro atoms. The second-order valence-electron chi connectivity index (χ2n) is 5.68. The third kappa shape index (κ3) is 2.48. The fourth-order valence-electron chi connectivity index (χ4n) is 2.44. The zero-order chi connectivity index (χ0) is 11.8. The third-order valence-corrected chi connectivity index (χ3v) is 3.17. The van der Waals surface area contributed by atoms with Crippen molar-refractivity contribution in [3.63, 3.8) is 0 Å². The lowest BCUT2D eigenvalue weighted by Crippen LogP contribution is -2.49. The van der Waals surface area contributed by atoms with Gasteiger partial charge in [0, 0.05) is 12.5 Å². The van der Waals surface area contributed by atoms with Gasteiger partial charge >= 0.3 is 6.09 Å². The Kier molecular flexibility index (Phi) is 3.10. The minimum atomic E-state index is -0.413. The molecule has 2 atom stereocenters. The standard InChI is InChI=1S/C12H21NO3/c1-12(2,3)16-11(14)13-6-4-5-9-7-15-8-10(9)13/h9-10H,4-8H2,1-3H3/t9-,10-/m0/s1. The van der Waals surface area contributed by atoms with Crippen LogP contribution in [0.25, 0.3) is 0 Å². The lowest BCUT2D eigenvalue weighted by atomic mass is 9.92. The highest BCUT2D eigenvalue weighted by Gasteiger charge is 2.39. The Morgan fingerprint density at radius 1 is 1.38 bits per heavy atom. The molecule has 16 heavy (non-hydrogen) atoms. The molecule has 2 aliphatic rings. The molecular formula is C12H21NO3. The van der Waals surface area contributed by atoms with Crippen LogP contribution in [-0.2, 0) is 9.47 Å². The fourth-order valence-corrected chi connectivity index (χ4v) is 2.44. The van der Waals surface area contributed by atoms with Crippen LogP contribution in [0.15, 0.2) is 0 Å². The molecule has 92 valence electrons. The van der Waals surface area contributed by atoms with E-state index in [1.54, 1.807) is 0 Å². The van der Waals surface area contributed by atoms with E-state index in [2.05, 4.69) is 0 Å². The summed E-state index contributed by atoms with van der Waals surface area (Å²) in [7, 11) is 0. The molecule has 0 N–H and O–H groups in total. The van der Waals surface area contributed by atoms with Crippen LogP contribution in [0.2, 0.25) is 0 Å². The average Bonchev–Trinajstić information content (AvgIpc) is 2.61. The average molecular weight is 227 g/mol. The maximum atomic E-state index is 12.0. The van der Waals surface area contributed by atoms with Crippen LogP contribution in [0.4, 0.5) is 4.79 Å². The summed E-state index contributed by atoms with van der Waals surface area (Å²) in [6.45, 7) is 7.97. The van der Waals surface area contributed by atoms with Crippen LogP contribution in [-0.4, -0.2) is 42.4 Å². The van der Waals surface area contributed by atoms with E-state index in [1.807, 2.05) is 25.7 Å². The van der Waals surface area contributed by atoms with Crippen molar-refractivity contribution < 1.29 is 14.3 Å². The van der Waals surface area contributed by atoms with Crippen LogP contribution in [0, 0.1) is 5.92 Å². The number of hydrogen-bond donors (Lipinski definition) is 0. The molecular weight excluding hydrogens is 206 g/mol. The Labute approximate surface area is 96.9 Å². The number of likely N-dealkylation sites (tertiary alicyclic amines) is 1. The molecule has 1 amide bonds. The van der Waals surface area contributed by atoms with Gasteiger partial charge in [0.05, 0.1) is 19.3 Å². The van der Waals surface area contributed by atoms with Crippen molar-refractivity contribution in [2.75, 3.05) is 19.8 Å². The van der Waals surface area contributed by atoms with Crippen molar-refractivity contribution in [1.82, 2.24) is 4.90 Å². The van der Waals surface area contributed by atoms with Gasteiger partial charge in [0.2, 0.25) is 0 Å². The minimum absolute atomic E-state index is 0.187. The van der Waals surface area contributed by atoms with Crippen molar-refractivity contribution in [3.05, 3.63) is 0 Å². The summed E-state index contributed by atoms with van der Waals surface area (Å²) in [5.41, 5.74) is -0.413. The molecule has 2 heterocycles. The number of nitrogens with zero attached hydrogens (tertiary/aromatic N) is 1. The third-order valence-electron chi connectivity index (χ3n) is 3.17. The van der Waals surface area contributed by atoms with Crippen molar-refractivity contribution in [2.45, 2.75) is 45.3 Å². The Morgan fingerprint density at radius 3 is 2.81 bits per heavy atom. The molecule has 2 saturated heterocycles. The van der Waals surface area contributed by atoms with Gasteiger partial charge in [-0.3, -0.25) is 0 Å². The maximum Gasteiger partial charge on any atom is 0.410 e. The van der Waals surface area contributed by atoms with E-state index in [0.717, 1.165) is 19.6 Å². The van der Waals surface area contributed by atoms with Gasteiger partial charge in [0.15, 0.2) is 0 Å². The number of fused-ring (bicyclic) bond motifs is 1. The first-order valence-corrected chi connectivity index (χ1v) is 6.05. The number of carbonyl (C=O) groups excluding carboxylic acids is 1. The van der Waals surface area contributed by atoms with E-state index in [9.17, 15) is 4.79 Å². The van der Waals surface area contributed by atoms with Gasteiger partial charge in [-0.2, -0.15) is 0 Å². The lowest BCUT2D eigenvalue weighted by Gasteiger charge is -2.37. The van der Waals surface area contributed by atoms with Crippen molar-refractivity contribution in [2.24, 2.45) is 5.92 Å². The molecule has 0 aliphatic carbocycles. The summed E-state index contributed by atoms with van der Waals surface area (Å²) >= 11 is 0. The Morgan fingerprint density at radius 2 is 2.12 bits per heavy atom. The van der Waals surface area contributed by atoms with Crippen LogP contribution in [0.5, 0.6) is 0 Å². The van der Waals surface area contributed by atoms with Gasteiger partial charge < -0.3 is 14.4 Å². The van der Waals surface area contributed by atoms with Gasteiger partial charge in [0.25, 0.3) is 0 Å². The van der Waals surface area contributed by atoms with E-state index in [0.29, 0.717) is 12.5 Å². The van der Waals surface area contributed by atoms with Crippen molar-refractivity contribution >= 4 is 6.09 Å². The molecule has 0 bridgehead atoms. The summed E-state index contributed by atoms with van der Waals surface area (Å²) in [5, 5.41) is 0. The van der Waals surface area contributed by atoms with Gasteiger partial charge in [-0.05, 0) is 33.6 Å². The smallest absolute Gasteiger partial charge is 0.410 e. The normalized spacial score (nSPS) is 30.1. The molecule has 0 saturated carbocycles. The van der Waals surface area contributed by atoms with Crippen LogP contribution >= 0.6 is 0 Å². The molecule has 2 aliphatic heterocycles. The quantitative estimate of drug-likeness (QED) is 0.635. The molecule has 4 nitrogen and oxygen atoms in total. The van der Waals surface area contributed by atoms with Gasteiger partial charge in [-0.25, -0.2) is 4.79 Å². The van der Waals surface area contributed by atoms with E-state index >= 15 is 0 Å². The first-order valence-electron chi connectivity index (χ1n) is 6.05. The van der Waals surface area contributed by atoms with Gasteiger partial charge in [0.1, 0.15) is 5.60 Å². The predicted octanol–water partition coefficient (Wildman–Crippen LogP) is 2.03. The highest BCUT2D eigenvalue weighted by Crippen LogP contribution is 2.29. The van der Waals surface area contributed by atoms with Crippen molar-refractivity contribution in [3.8, 4) is 0 Å². The summed E-state index contributed by atoms with van der Waals surface area (Å²) in [4.78, 5) is 13.9. The molecule has 4 heteroatoms. The van der Waals surface area contributed by atoms with Crippen LogP contribution in [0.3, 0.4) is 0 Å².